The fraction of sp³-hybridized carbons (Fsp3) is 0.556. The third-order valence-corrected chi connectivity index (χ3v) is 1.96. The highest BCUT2D eigenvalue weighted by molar-refractivity contribution is 5.07. The van der Waals surface area contributed by atoms with Crippen molar-refractivity contribution < 1.29 is 0 Å². The van der Waals surface area contributed by atoms with Gasteiger partial charge in [-0.1, -0.05) is 12.7 Å². The van der Waals surface area contributed by atoms with Gasteiger partial charge in [-0.05, 0) is 25.8 Å². The molecule has 1 fully saturated rings. The molecule has 0 aromatic carbocycles. The first-order chi connectivity index (χ1) is 4.84. The van der Waals surface area contributed by atoms with E-state index < -0.39 is 0 Å². The predicted octanol–water partition coefficient (Wildman–Crippen LogP) is 2.17. The predicted molar refractivity (Wildman–Crippen MR) is 44.8 cm³/mol. The quantitative estimate of drug-likeness (QED) is 0.527. The molecule has 0 N–H and O–H groups in total. The molecule has 1 heteroatoms. The molecule has 0 atom stereocenters. The zero-order valence-electron chi connectivity index (χ0n) is 6.64. The first-order valence-corrected chi connectivity index (χ1v) is 3.89. The van der Waals surface area contributed by atoms with Gasteiger partial charge in [-0.15, -0.1) is 0 Å². The molecule has 10 heavy (non-hydrogen) atoms. The molecule has 0 saturated carbocycles. The summed E-state index contributed by atoms with van der Waals surface area (Å²) in [7, 11) is 0. The minimum atomic E-state index is 1.23. The van der Waals surface area contributed by atoms with Crippen molar-refractivity contribution >= 4 is 0 Å². The number of nitrogens with zero attached hydrogens (tertiary/aromatic N) is 1. The molecule has 1 saturated heterocycles. The molecule has 1 aliphatic heterocycles. The maximum Gasteiger partial charge on any atom is 0.0175 e. The van der Waals surface area contributed by atoms with Gasteiger partial charge in [0.05, 0.1) is 0 Å². The molecular weight excluding hydrogens is 122 g/mol. The van der Waals surface area contributed by atoms with Crippen LogP contribution in [0.25, 0.3) is 0 Å². The smallest absolute Gasteiger partial charge is 0.0175 e. The van der Waals surface area contributed by atoms with Gasteiger partial charge < -0.3 is 4.90 Å². The van der Waals surface area contributed by atoms with E-state index in [1.54, 1.807) is 0 Å². The summed E-state index contributed by atoms with van der Waals surface area (Å²) in [6.07, 6.45) is 6.63. The Balaban J connectivity index is 2.46. The number of likely N-dealkylation sites (tertiary alicyclic amines) is 1. The Morgan fingerprint density at radius 3 is 2.50 bits per heavy atom. The third kappa shape index (κ3) is 1.63. The van der Waals surface area contributed by atoms with Crippen LogP contribution < -0.4 is 0 Å². The summed E-state index contributed by atoms with van der Waals surface area (Å²) in [6.45, 7) is 8.28. The lowest BCUT2D eigenvalue weighted by molar-refractivity contribution is 0.428. The number of hydrogen-bond donors (Lipinski definition) is 0. The number of rotatable bonds is 2. The Morgan fingerprint density at radius 1 is 1.40 bits per heavy atom. The van der Waals surface area contributed by atoms with Crippen molar-refractivity contribution in [3.8, 4) is 0 Å². The van der Waals surface area contributed by atoms with Crippen molar-refractivity contribution in [1.29, 1.82) is 0 Å². The highest BCUT2D eigenvalue weighted by atomic mass is 15.1. The molecular formula is C9H15N. The van der Waals surface area contributed by atoms with Crippen LogP contribution in [-0.2, 0) is 0 Å². The molecule has 0 aromatic heterocycles. The fourth-order valence-electron chi connectivity index (χ4n) is 1.35. The first kappa shape index (κ1) is 7.39. The van der Waals surface area contributed by atoms with Gasteiger partial charge in [-0.25, -0.2) is 0 Å². The Bertz CT molecular complexity index is 141. The van der Waals surface area contributed by atoms with Crippen molar-refractivity contribution in [2.24, 2.45) is 0 Å². The van der Waals surface area contributed by atoms with Gasteiger partial charge in [0, 0.05) is 18.8 Å². The Morgan fingerprint density at radius 2 is 2.00 bits per heavy atom. The summed E-state index contributed by atoms with van der Waals surface area (Å²) in [6, 6.07) is 0. The lowest BCUT2D eigenvalue weighted by atomic mass is 10.4. The molecule has 0 bridgehead atoms. The van der Waals surface area contributed by atoms with Crippen LogP contribution in [0.3, 0.4) is 0 Å². The van der Waals surface area contributed by atoms with Crippen molar-refractivity contribution in [3.05, 3.63) is 24.4 Å². The maximum absolute atomic E-state index is 3.67. The first-order valence-electron chi connectivity index (χ1n) is 3.89. The average Bonchev–Trinajstić information content (AvgIpc) is 2.38. The summed E-state index contributed by atoms with van der Waals surface area (Å²) in [5.74, 6) is 0. The zero-order valence-corrected chi connectivity index (χ0v) is 6.64. The largest absolute Gasteiger partial charge is 0.375 e. The number of allylic oxidation sites excluding steroid dienone is 3. The molecule has 0 unspecified atom stereocenters. The van der Waals surface area contributed by atoms with Crippen LogP contribution in [0.4, 0.5) is 0 Å². The molecule has 1 heterocycles. The van der Waals surface area contributed by atoms with Crippen LogP contribution in [0.2, 0.25) is 0 Å². The Labute approximate surface area is 63.0 Å². The van der Waals surface area contributed by atoms with Gasteiger partial charge in [-0.2, -0.15) is 0 Å². The van der Waals surface area contributed by atoms with Crippen molar-refractivity contribution in [1.82, 2.24) is 4.90 Å². The molecule has 1 aliphatic rings. The van der Waals surface area contributed by atoms with Crippen LogP contribution in [-0.4, -0.2) is 18.0 Å². The second-order valence-electron chi connectivity index (χ2n) is 2.74. The molecule has 1 nitrogen and oxygen atoms in total. The van der Waals surface area contributed by atoms with Crippen LogP contribution in [0, 0.1) is 0 Å². The Kier molecular flexibility index (Phi) is 2.55. The van der Waals surface area contributed by atoms with Crippen LogP contribution in [0.1, 0.15) is 19.8 Å². The SMILES string of the molecule is C=C/C=C(\C)N1CCCC1. The molecule has 0 amide bonds. The van der Waals surface area contributed by atoms with Gasteiger partial charge in [0.1, 0.15) is 0 Å². The van der Waals surface area contributed by atoms with Crippen LogP contribution >= 0.6 is 0 Å². The van der Waals surface area contributed by atoms with E-state index in [0.717, 1.165) is 0 Å². The van der Waals surface area contributed by atoms with E-state index in [1.165, 1.54) is 31.6 Å². The summed E-state index contributed by atoms with van der Waals surface area (Å²) in [5.41, 5.74) is 1.35. The second-order valence-corrected chi connectivity index (χ2v) is 2.74. The molecule has 0 spiro atoms. The monoisotopic (exact) mass is 137 g/mol. The van der Waals surface area contributed by atoms with Gasteiger partial charge in [0.15, 0.2) is 0 Å². The molecule has 1 rings (SSSR count). The lowest BCUT2D eigenvalue weighted by Crippen LogP contribution is -2.15. The molecule has 56 valence electrons. The fourth-order valence-corrected chi connectivity index (χ4v) is 1.35. The summed E-state index contributed by atoms with van der Waals surface area (Å²) in [5, 5.41) is 0. The zero-order chi connectivity index (χ0) is 7.40. The minimum absolute atomic E-state index is 1.23. The Hall–Kier alpha value is -0.720. The summed E-state index contributed by atoms with van der Waals surface area (Å²) >= 11 is 0. The van der Waals surface area contributed by atoms with E-state index in [0.29, 0.717) is 0 Å². The van der Waals surface area contributed by atoms with E-state index in [2.05, 4.69) is 24.5 Å². The third-order valence-electron chi connectivity index (χ3n) is 1.96. The normalized spacial score (nSPS) is 19.7. The molecule has 0 aliphatic carbocycles. The van der Waals surface area contributed by atoms with E-state index in [4.69, 9.17) is 0 Å². The van der Waals surface area contributed by atoms with Crippen molar-refractivity contribution in [3.63, 3.8) is 0 Å². The van der Waals surface area contributed by atoms with Gasteiger partial charge in [0.2, 0.25) is 0 Å². The number of hydrogen-bond acceptors (Lipinski definition) is 1. The van der Waals surface area contributed by atoms with Crippen molar-refractivity contribution in [2.45, 2.75) is 19.8 Å². The van der Waals surface area contributed by atoms with Crippen LogP contribution in [0.15, 0.2) is 24.4 Å². The standard InChI is InChI=1S/C9H15N/c1-3-6-9(2)10-7-4-5-8-10/h3,6H,1,4-5,7-8H2,2H3/b9-6+. The lowest BCUT2D eigenvalue weighted by Gasteiger charge is -2.16. The van der Waals surface area contributed by atoms with Crippen LogP contribution in [0.5, 0.6) is 0 Å². The minimum Gasteiger partial charge on any atom is -0.375 e. The van der Waals surface area contributed by atoms with Gasteiger partial charge in [0.25, 0.3) is 0 Å². The van der Waals surface area contributed by atoms with E-state index in [-0.39, 0.29) is 0 Å². The van der Waals surface area contributed by atoms with Gasteiger partial charge in [-0.3, -0.25) is 0 Å². The van der Waals surface area contributed by atoms with E-state index in [1.807, 2.05) is 6.08 Å². The highest BCUT2D eigenvalue weighted by Gasteiger charge is 2.09. The molecule has 0 radical (unpaired) electrons. The maximum atomic E-state index is 3.67. The highest BCUT2D eigenvalue weighted by Crippen LogP contribution is 2.13. The molecule has 0 aromatic rings. The van der Waals surface area contributed by atoms with E-state index in [9.17, 15) is 0 Å². The topological polar surface area (TPSA) is 3.24 Å². The van der Waals surface area contributed by atoms with Crippen molar-refractivity contribution in [2.75, 3.05) is 13.1 Å². The van der Waals surface area contributed by atoms with Gasteiger partial charge >= 0.3 is 0 Å². The summed E-state index contributed by atoms with van der Waals surface area (Å²) in [4.78, 5) is 2.40. The average molecular weight is 137 g/mol. The second kappa shape index (κ2) is 3.45. The summed E-state index contributed by atoms with van der Waals surface area (Å²) < 4.78 is 0. The van der Waals surface area contributed by atoms with E-state index >= 15 is 0 Å².